The van der Waals surface area contributed by atoms with Crippen LogP contribution in [0.5, 0.6) is 11.5 Å². The Labute approximate surface area is 120 Å². The summed E-state index contributed by atoms with van der Waals surface area (Å²) in [7, 11) is 0. The first kappa shape index (κ1) is 14.1. The minimum Gasteiger partial charge on any atom is -0.457 e. The molecule has 1 atom stereocenters. The molecule has 0 saturated carbocycles. The molecule has 19 heavy (non-hydrogen) atoms. The second-order valence-electron chi connectivity index (χ2n) is 4.04. The van der Waals surface area contributed by atoms with Crippen LogP contribution < -0.4 is 4.74 Å². The van der Waals surface area contributed by atoms with Gasteiger partial charge >= 0.3 is 0 Å². The molecule has 2 aromatic carbocycles. The zero-order valence-electron chi connectivity index (χ0n) is 10.0. The first-order chi connectivity index (χ1) is 8.97. The third-order valence-corrected chi connectivity index (χ3v) is 3.18. The summed E-state index contributed by atoms with van der Waals surface area (Å²) < 4.78 is 18.7. The Morgan fingerprint density at radius 2 is 1.68 bits per heavy atom. The van der Waals surface area contributed by atoms with Gasteiger partial charge in [-0.05, 0) is 36.8 Å². The van der Waals surface area contributed by atoms with Gasteiger partial charge in [0.05, 0.1) is 16.1 Å². The van der Waals surface area contributed by atoms with Gasteiger partial charge in [-0.15, -0.1) is 0 Å². The summed E-state index contributed by atoms with van der Waals surface area (Å²) in [4.78, 5) is 0. The van der Waals surface area contributed by atoms with Crippen molar-refractivity contribution >= 4 is 23.2 Å². The topological polar surface area (TPSA) is 29.5 Å². The molecule has 1 unspecified atom stereocenters. The molecule has 100 valence electrons. The lowest BCUT2D eigenvalue weighted by atomic mass is 10.1. The number of hydrogen-bond donors (Lipinski definition) is 1. The highest BCUT2D eigenvalue weighted by Crippen LogP contribution is 2.30. The van der Waals surface area contributed by atoms with Gasteiger partial charge in [-0.1, -0.05) is 29.3 Å². The molecule has 0 radical (unpaired) electrons. The molecule has 0 bridgehead atoms. The highest BCUT2D eigenvalue weighted by atomic mass is 35.5. The number of hydrogen-bond acceptors (Lipinski definition) is 2. The van der Waals surface area contributed by atoms with E-state index in [0.717, 1.165) is 0 Å². The van der Waals surface area contributed by atoms with Crippen molar-refractivity contribution in [1.82, 2.24) is 0 Å². The van der Waals surface area contributed by atoms with Gasteiger partial charge in [-0.2, -0.15) is 0 Å². The number of aliphatic hydroxyl groups is 1. The first-order valence-corrected chi connectivity index (χ1v) is 6.33. The van der Waals surface area contributed by atoms with E-state index < -0.39 is 11.9 Å². The monoisotopic (exact) mass is 300 g/mol. The van der Waals surface area contributed by atoms with E-state index in [0.29, 0.717) is 22.1 Å². The maximum atomic E-state index is 13.3. The van der Waals surface area contributed by atoms with Crippen molar-refractivity contribution < 1.29 is 14.2 Å². The van der Waals surface area contributed by atoms with E-state index in [1.807, 2.05) is 0 Å². The smallest absolute Gasteiger partial charge is 0.145 e. The highest BCUT2D eigenvalue weighted by Gasteiger charge is 2.09. The molecule has 0 fully saturated rings. The van der Waals surface area contributed by atoms with Gasteiger partial charge in [-0.25, -0.2) is 4.39 Å². The first-order valence-electron chi connectivity index (χ1n) is 5.58. The molecular formula is C14H11Cl2FO2. The van der Waals surface area contributed by atoms with Crippen LogP contribution in [0.4, 0.5) is 4.39 Å². The van der Waals surface area contributed by atoms with Crippen LogP contribution in [-0.2, 0) is 0 Å². The molecule has 2 aromatic rings. The minimum atomic E-state index is -0.658. The van der Waals surface area contributed by atoms with Crippen LogP contribution in [-0.4, -0.2) is 5.11 Å². The SMILES string of the molecule is CC(O)c1ccc(Oc2ccc(Cl)c(F)c2)cc1Cl. The van der Waals surface area contributed by atoms with Gasteiger partial charge < -0.3 is 9.84 Å². The lowest BCUT2D eigenvalue weighted by molar-refractivity contribution is 0.199. The number of ether oxygens (including phenoxy) is 1. The second-order valence-corrected chi connectivity index (χ2v) is 4.85. The predicted octanol–water partition coefficient (Wildman–Crippen LogP) is 4.98. The van der Waals surface area contributed by atoms with Crippen LogP contribution in [0.15, 0.2) is 36.4 Å². The molecule has 0 heterocycles. The van der Waals surface area contributed by atoms with Crippen molar-refractivity contribution in [2.75, 3.05) is 0 Å². The molecular weight excluding hydrogens is 290 g/mol. The largest absolute Gasteiger partial charge is 0.457 e. The predicted molar refractivity (Wildman–Crippen MR) is 73.6 cm³/mol. The maximum Gasteiger partial charge on any atom is 0.145 e. The molecule has 0 aliphatic rings. The van der Waals surface area contributed by atoms with Crippen LogP contribution >= 0.6 is 23.2 Å². The van der Waals surface area contributed by atoms with Crippen LogP contribution in [0.3, 0.4) is 0 Å². The van der Waals surface area contributed by atoms with Crippen LogP contribution in [0, 0.1) is 5.82 Å². The van der Waals surface area contributed by atoms with Gasteiger partial charge in [0.25, 0.3) is 0 Å². The Balaban J connectivity index is 2.24. The van der Waals surface area contributed by atoms with Crippen molar-refractivity contribution in [2.24, 2.45) is 0 Å². The molecule has 0 saturated heterocycles. The van der Waals surface area contributed by atoms with Crippen LogP contribution in [0.25, 0.3) is 0 Å². The minimum absolute atomic E-state index is 0.0369. The fourth-order valence-electron chi connectivity index (χ4n) is 1.59. The lowest BCUT2D eigenvalue weighted by Gasteiger charge is -2.10. The number of halogens is 3. The van der Waals surface area contributed by atoms with E-state index in [9.17, 15) is 9.50 Å². The zero-order valence-corrected chi connectivity index (χ0v) is 11.5. The molecule has 5 heteroatoms. The van der Waals surface area contributed by atoms with Gasteiger partial charge in [0, 0.05) is 6.07 Å². The van der Waals surface area contributed by atoms with Crippen molar-refractivity contribution in [3.8, 4) is 11.5 Å². The molecule has 0 aliphatic heterocycles. The molecule has 2 rings (SSSR count). The Morgan fingerprint density at radius 1 is 1.05 bits per heavy atom. The Morgan fingerprint density at radius 3 is 2.26 bits per heavy atom. The fraction of sp³-hybridized carbons (Fsp3) is 0.143. The highest BCUT2D eigenvalue weighted by molar-refractivity contribution is 6.31. The summed E-state index contributed by atoms with van der Waals surface area (Å²) >= 11 is 11.6. The molecule has 0 amide bonds. The van der Waals surface area contributed by atoms with Crippen molar-refractivity contribution in [2.45, 2.75) is 13.0 Å². The maximum absolute atomic E-state index is 13.3. The van der Waals surface area contributed by atoms with Crippen LogP contribution in [0.1, 0.15) is 18.6 Å². The van der Waals surface area contributed by atoms with E-state index in [1.54, 1.807) is 31.2 Å². The Bertz CT molecular complexity index is 600. The van der Waals surface area contributed by atoms with E-state index in [4.69, 9.17) is 27.9 Å². The van der Waals surface area contributed by atoms with Crippen molar-refractivity contribution in [1.29, 1.82) is 0 Å². The standard InChI is InChI=1S/C14H11Cl2FO2/c1-8(18)11-4-2-9(6-13(11)16)19-10-3-5-12(15)14(17)7-10/h2-8,18H,1H3. The number of aliphatic hydroxyl groups excluding tert-OH is 1. The number of rotatable bonds is 3. The summed E-state index contributed by atoms with van der Waals surface area (Å²) in [5.41, 5.74) is 0.608. The second kappa shape index (κ2) is 5.78. The van der Waals surface area contributed by atoms with Crippen molar-refractivity contribution in [3.05, 3.63) is 57.8 Å². The van der Waals surface area contributed by atoms with Gasteiger partial charge in [0.15, 0.2) is 0 Å². The zero-order chi connectivity index (χ0) is 14.0. The lowest BCUT2D eigenvalue weighted by Crippen LogP contribution is -1.93. The Hall–Kier alpha value is -1.29. The molecule has 0 aliphatic carbocycles. The quantitative estimate of drug-likeness (QED) is 0.866. The summed E-state index contributed by atoms with van der Waals surface area (Å²) in [5, 5.41) is 9.89. The van der Waals surface area contributed by atoms with Gasteiger partial charge in [-0.3, -0.25) is 0 Å². The number of benzene rings is 2. The van der Waals surface area contributed by atoms with E-state index in [2.05, 4.69) is 0 Å². The van der Waals surface area contributed by atoms with E-state index >= 15 is 0 Å². The summed E-state index contributed by atoms with van der Waals surface area (Å²) in [5.74, 6) is 0.227. The fourth-order valence-corrected chi connectivity index (χ4v) is 2.03. The third kappa shape index (κ3) is 3.38. The van der Waals surface area contributed by atoms with Gasteiger partial charge in [0.1, 0.15) is 17.3 Å². The molecule has 2 nitrogen and oxygen atoms in total. The van der Waals surface area contributed by atoms with Crippen molar-refractivity contribution in [3.63, 3.8) is 0 Å². The van der Waals surface area contributed by atoms with E-state index in [1.165, 1.54) is 12.1 Å². The molecule has 1 N–H and O–H groups in total. The van der Waals surface area contributed by atoms with Crippen LogP contribution in [0.2, 0.25) is 10.0 Å². The average molecular weight is 301 g/mol. The van der Waals surface area contributed by atoms with E-state index in [-0.39, 0.29) is 5.02 Å². The normalized spacial score (nSPS) is 12.3. The molecule has 0 aromatic heterocycles. The summed E-state index contributed by atoms with van der Waals surface area (Å²) in [6.07, 6.45) is -0.658. The average Bonchev–Trinajstić information content (AvgIpc) is 2.33. The summed E-state index contributed by atoms with van der Waals surface area (Å²) in [6.45, 7) is 1.62. The summed E-state index contributed by atoms with van der Waals surface area (Å²) in [6, 6.07) is 9.05. The Kier molecular flexibility index (Phi) is 4.30. The molecule has 0 spiro atoms. The van der Waals surface area contributed by atoms with Gasteiger partial charge in [0.2, 0.25) is 0 Å². The third-order valence-electron chi connectivity index (χ3n) is 2.55.